The number of aliphatic imine (C=N–C) groups is 1. The van der Waals surface area contributed by atoms with Gasteiger partial charge in [0.05, 0.1) is 6.61 Å². The number of aliphatic hydroxyl groups is 1. The Morgan fingerprint density at radius 1 is 1.38 bits per heavy atom. The van der Waals surface area contributed by atoms with E-state index < -0.39 is 48.2 Å². The van der Waals surface area contributed by atoms with Gasteiger partial charge in [0.1, 0.15) is 23.7 Å². The first-order chi connectivity index (χ1) is 13.6. The molecule has 0 aliphatic carbocycles. The molecule has 6 atom stereocenters. The van der Waals surface area contributed by atoms with Crippen molar-refractivity contribution in [2.24, 2.45) is 4.99 Å². The van der Waals surface area contributed by atoms with Crippen LogP contribution in [0.2, 0.25) is 0 Å². The largest absolute Gasteiger partial charge is 0.465 e. The highest BCUT2D eigenvalue weighted by Gasteiger charge is 2.58. The van der Waals surface area contributed by atoms with Crippen molar-refractivity contribution in [2.45, 2.75) is 48.7 Å². The number of amidine groups is 1. The minimum absolute atomic E-state index is 0.112. The Hall–Kier alpha value is -1.89. The number of halogens is 4. The predicted octanol–water partition coefficient (Wildman–Crippen LogP) is 2.64. The topological polar surface area (TPSA) is 91.6 Å². The minimum Gasteiger partial charge on any atom is -0.465 e. The molecule has 0 aromatic heterocycles. The number of hydrogen-bond acceptors (Lipinski definition) is 6. The SMILES string of the molecule is CN(C(=O)O)C1=N[C@@H]2[C@@H](F)[C@@H](OCc3ccccc3)[C@@H]([C@@H](O)C(F)(F)F)O[C@@H]2S1. The van der Waals surface area contributed by atoms with Gasteiger partial charge in [-0.3, -0.25) is 9.89 Å². The van der Waals surface area contributed by atoms with Gasteiger partial charge in [-0.2, -0.15) is 13.2 Å². The smallest absolute Gasteiger partial charge is 0.417 e. The quantitative estimate of drug-likeness (QED) is 0.703. The Morgan fingerprint density at radius 2 is 2.03 bits per heavy atom. The molecule has 3 rings (SSSR count). The highest BCUT2D eigenvalue weighted by atomic mass is 32.2. The molecule has 0 radical (unpaired) electrons. The number of carbonyl (C=O) groups is 1. The average molecular weight is 438 g/mol. The van der Waals surface area contributed by atoms with Gasteiger partial charge in [0, 0.05) is 7.05 Å². The average Bonchev–Trinajstić information content (AvgIpc) is 3.10. The van der Waals surface area contributed by atoms with Crippen molar-refractivity contribution < 1.29 is 42.0 Å². The highest BCUT2D eigenvalue weighted by molar-refractivity contribution is 8.14. The lowest BCUT2D eigenvalue weighted by atomic mass is 9.95. The van der Waals surface area contributed by atoms with E-state index in [0.29, 0.717) is 22.2 Å². The van der Waals surface area contributed by atoms with Gasteiger partial charge in [-0.1, -0.05) is 42.1 Å². The molecule has 2 aliphatic heterocycles. The first-order valence-electron chi connectivity index (χ1n) is 8.50. The van der Waals surface area contributed by atoms with E-state index in [-0.39, 0.29) is 11.8 Å². The zero-order chi connectivity index (χ0) is 21.3. The lowest BCUT2D eigenvalue weighted by molar-refractivity contribution is -0.273. The molecule has 12 heteroatoms. The molecule has 2 heterocycles. The van der Waals surface area contributed by atoms with Crippen LogP contribution in [0.5, 0.6) is 0 Å². The van der Waals surface area contributed by atoms with Crippen LogP contribution < -0.4 is 0 Å². The van der Waals surface area contributed by atoms with Crippen LogP contribution in [0.25, 0.3) is 0 Å². The van der Waals surface area contributed by atoms with E-state index in [1.54, 1.807) is 30.3 Å². The minimum atomic E-state index is -5.06. The molecule has 2 N–H and O–H groups in total. The summed E-state index contributed by atoms with van der Waals surface area (Å²) in [5, 5.41) is 18.7. The zero-order valence-electron chi connectivity index (χ0n) is 15.0. The molecule has 0 saturated carbocycles. The summed E-state index contributed by atoms with van der Waals surface area (Å²) < 4.78 is 65.3. The summed E-state index contributed by atoms with van der Waals surface area (Å²) in [5.41, 5.74) is -0.627. The van der Waals surface area contributed by atoms with Crippen molar-refractivity contribution >= 4 is 23.0 Å². The van der Waals surface area contributed by atoms with E-state index in [4.69, 9.17) is 14.6 Å². The van der Waals surface area contributed by atoms with Crippen LogP contribution in [0, 0.1) is 0 Å². The molecular formula is C17H18F4N2O5S. The lowest BCUT2D eigenvalue weighted by Gasteiger charge is -2.41. The molecule has 160 valence electrons. The van der Waals surface area contributed by atoms with Gasteiger partial charge in [-0.15, -0.1) is 0 Å². The summed E-state index contributed by atoms with van der Waals surface area (Å²) >= 11 is 0.682. The third-order valence-corrected chi connectivity index (χ3v) is 5.73. The molecule has 7 nitrogen and oxygen atoms in total. The first kappa shape index (κ1) is 21.8. The van der Waals surface area contributed by atoms with Gasteiger partial charge in [-0.25, -0.2) is 9.18 Å². The number of aliphatic hydroxyl groups excluding tert-OH is 1. The standard InChI is InChI=1S/C17H18F4N2O5S/c1-23(16(25)26)15-22-10-9(18)11(27-7-8-5-3-2-4-6-8)12(28-14(10)29-15)13(24)17(19,20)21/h2-6,9-14,24H,7H2,1H3,(H,25,26)/t9-,10-,11-,12+,13-,14-/m1/s1. The fourth-order valence-electron chi connectivity index (χ4n) is 2.97. The van der Waals surface area contributed by atoms with Crippen LogP contribution in [0.3, 0.4) is 0 Å². The highest BCUT2D eigenvalue weighted by Crippen LogP contribution is 2.42. The summed E-state index contributed by atoms with van der Waals surface area (Å²) in [6.07, 6.45) is -15.2. The van der Waals surface area contributed by atoms with Gasteiger partial charge in [0.25, 0.3) is 0 Å². The second-order valence-electron chi connectivity index (χ2n) is 6.52. The van der Waals surface area contributed by atoms with Crippen LogP contribution in [-0.2, 0) is 16.1 Å². The zero-order valence-corrected chi connectivity index (χ0v) is 15.8. The summed E-state index contributed by atoms with van der Waals surface area (Å²) in [6.45, 7) is -0.202. The molecule has 29 heavy (non-hydrogen) atoms. The number of fused-ring (bicyclic) bond motifs is 1. The van der Waals surface area contributed by atoms with E-state index >= 15 is 4.39 Å². The van der Waals surface area contributed by atoms with Crippen molar-refractivity contribution in [3.8, 4) is 0 Å². The van der Waals surface area contributed by atoms with E-state index in [0.717, 1.165) is 0 Å². The summed E-state index contributed by atoms with van der Waals surface area (Å²) in [7, 11) is 1.17. The maximum Gasteiger partial charge on any atom is 0.417 e. The summed E-state index contributed by atoms with van der Waals surface area (Å²) in [4.78, 5) is 15.8. The Labute approximate surface area is 167 Å². The van der Waals surface area contributed by atoms with Crippen LogP contribution >= 0.6 is 11.8 Å². The van der Waals surface area contributed by atoms with Gasteiger partial charge < -0.3 is 19.7 Å². The van der Waals surface area contributed by atoms with Gasteiger partial charge in [0.2, 0.25) is 0 Å². The predicted molar refractivity (Wildman–Crippen MR) is 95.2 cm³/mol. The van der Waals surface area contributed by atoms with Crippen molar-refractivity contribution in [2.75, 3.05) is 7.05 Å². The number of nitrogens with zero attached hydrogens (tertiary/aromatic N) is 2. The van der Waals surface area contributed by atoms with Crippen LogP contribution in [0.15, 0.2) is 35.3 Å². The molecule has 0 spiro atoms. The number of hydrogen-bond donors (Lipinski definition) is 2. The Bertz CT molecular complexity index is 766. The van der Waals surface area contributed by atoms with Crippen LogP contribution in [-0.4, -0.2) is 75.6 Å². The normalized spacial score (nSPS) is 30.4. The van der Waals surface area contributed by atoms with E-state index in [2.05, 4.69) is 4.99 Å². The fourth-order valence-corrected chi connectivity index (χ4v) is 4.13. The first-order valence-corrected chi connectivity index (χ1v) is 9.38. The maximum absolute atomic E-state index is 15.2. The van der Waals surface area contributed by atoms with E-state index in [1.807, 2.05) is 0 Å². The Morgan fingerprint density at radius 3 is 2.62 bits per heavy atom. The number of ether oxygens (including phenoxy) is 2. The third-order valence-electron chi connectivity index (χ3n) is 4.52. The van der Waals surface area contributed by atoms with Gasteiger partial charge >= 0.3 is 12.3 Å². The molecule has 1 aromatic rings. The van der Waals surface area contributed by atoms with Crippen LogP contribution in [0.1, 0.15) is 5.56 Å². The van der Waals surface area contributed by atoms with Crippen molar-refractivity contribution in [3.05, 3.63) is 35.9 Å². The van der Waals surface area contributed by atoms with Crippen LogP contribution in [0.4, 0.5) is 22.4 Å². The number of carboxylic acid groups (broad SMARTS) is 1. The number of amides is 1. The molecule has 1 amide bonds. The van der Waals surface area contributed by atoms with Crippen molar-refractivity contribution in [3.63, 3.8) is 0 Å². The number of alkyl halides is 4. The molecule has 2 aliphatic rings. The number of thioether (sulfide) groups is 1. The lowest BCUT2D eigenvalue weighted by Crippen LogP contribution is -2.60. The summed E-state index contributed by atoms with van der Waals surface area (Å²) in [5.74, 6) is 0. The number of rotatable bonds is 4. The Balaban J connectivity index is 1.83. The van der Waals surface area contributed by atoms with E-state index in [1.165, 1.54) is 7.05 Å². The van der Waals surface area contributed by atoms with Crippen molar-refractivity contribution in [1.82, 2.24) is 4.90 Å². The monoisotopic (exact) mass is 438 g/mol. The molecule has 0 bridgehead atoms. The van der Waals surface area contributed by atoms with Crippen molar-refractivity contribution in [1.29, 1.82) is 0 Å². The van der Waals surface area contributed by atoms with Gasteiger partial charge in [-0.05, 0) is 5.56 Å². The Kier molecular flexibility index (Phi) is 6.36. The van der Waals surface area contributed by atoms with E-state index in [9.17, 15) is 23.1 Å². The molecule has 0 unspecified atom stereocenters. The summed E-state index contributed by atoms with van der Waals surface area (Å²) in [6, 6.07) is 7.14. The second kappa shape index (κ2) is 8.46. The maximum atomic E-state index is 15.2. The molecule has 1 aromatic carbocycles. The molecule has 1 fully saturated rings. The third kappa shape index (κ3) is 4.65. The van der Waals surface area contributed by atoms with Gasteiger partial charge in [0.15, 0.2) is 17.4 Å². The number of benzene rings is 1. The molecular weight excluding hydrogens is 420 g/mol. The second-order valence-corrected chi connectivity index (χ2v) is 7.59. The molecule has 1 saturated heterocycles. The fraction of sp³-hybridized carbons (Fsp3) is 0.529.